The number of aldehydes is 1. The molecule has 0 fully saturated rings. The summed E-state index contributed by atoms with van der Waals surface area (Å²) >= 11 is 0. The van der Waals surface area contributed by atoms with Crippen molar-refractivity contribution in [3.05, 3.63) is 11.6 Å². The number of hydrogen-bond donors (Lipinski definition) is 0. The second-order valence-corrected chi connectivity index (χ2v) is 2.77. The van der Waals surface area contributed by atoms with Crippen LogP contribution in [0.3, 0.4) is 0 Å². The van der Waals surface area contributed by atoms with Gasteiger partial charge in [0.05, 0.1) is 0 Å². The Morgan fingerprint density at radius 2 is 2.50 bits per heavy atom. The standard InChI is InChI=1S/C8H13NO/c1-7-8(6-10)4-3-5-9(7)2/h4,6-7H,3,5H2,1-2H3. The zero-order chi connectivity index (χ0) is 7.56. The molecule has 0 amide bonds. The zero-order valence-corrected chi connectivity index (χ0v) is 6.50. The van der Waals surface area contributed by atoms with Crippen LogP contribution in [0.5, 0.6) is 0 Å². The van der Waals surface area contributed by atoms with Crippen molar-refractivity contribution < 1.29 is 4.79 Å². The van der Waals surface area contributed by atoms with Crippen LogP contribution in [0.4, 0.5) is 0 Å². The Kier molecular flexibility index (Phi) is 2.22. The lowest BCUT2D eigenvalue weighted by atomic mass is 10.0. The summed E-state index contributed by atoms with van der Waals surface area (Å²) in [4.78, 5) is 12.6. The number of hydrogen-bond acceptors (Lipinski definition) is 2. The molecule has 56 valence electrons. The van der Waals surface area contributed by atoms with Gasteiger partial charge >= 0.3 is 0 Å². The zero-order valence-electron chi connectivity index (χ0n) is 6.50. The number of nitrogens with zero attached hydrogens (tertiary/aromatic N) is 1. The molecule has 0 aromatic heterocycles. The third-order valence-corrected chi connectivity index (χ3v) is 2.14. The van der Waals surface area contributed by atoms with Crippen LogP contribution in [0.1, 0.15) is 13.3 Å². The van der Waals surface area contributed by atoms with Crippen LogP contribution in [0, 0.1) is 0 Å². The van der Waals surface area contributed by atoms with Crippen LogP contribution in [0.2, 0.25) is 0 Å². The van der Waals surface area contributed by atoms with Crippen LogP contribution in [0.25, 0.3) is 0 Å². The van der Waals surface area contributed by atoms with E-state index < -0.39 is 0 Å². The van der Waals surface area contributed by atoms with Gasteiger partial charge in [0.25, 0.3) is 0 Å². The van der Waals surface area contributed by atoms with Crippen molar-refractivity contribution in [3.8, 4) is 0 Å². The maximum absolute atomic E-state index is 10.4. The molecular formula is C8H13NO. The number of likely N-dealkylation sites (N-methyl/N-ethyl adjacent to an activating group) is 1. The molecule has 0 aromatic rings. The predicted molar refractivity (Wildman–Crippen MR) is 40.9 cm³/mol. The molecule has 0 radical (unpaired) electrons. The van der Waals surface area contributed by atoms with Gasteiger partial charge < -0.3 is 0 Å². The van der Waals surface area contributed by atoms with Gasteiger partial charge in [0.1, 0.15) is 6.29 Å². The van der Waals surface area contributed by atoms with Crippen molar-refractivity contribution >= 4 is 6.29 Å². The van der Waals surface area contributed by atoms with Crippen molar-refractivity contribution in [3.63, 3.8) is 0 Å². The van der Waals surface area contributed by atoms with Crippen molar-refractivity contribution in [2.24, 2.45) is 0 Å². The van der Waals surface area contributed by atoms with E-state index in [1.165, 1.54) is 0 Å². The first-order chi connectivity index (χ1) is 4.75. The summed E-state index contributed by atoms with van der Waals surface area (Å²) in [6, 6.07) is 0.311. The molecular weight excluding hydrogens is 126 g/mol. The summed E-state index contributed by atoms with van der Waals surface area (Å²) in [7, 11) is 2.04. The third-order valence-electron chi connectivity index (χ3n) is 2.14. The van der Waals surface area contributed by atoms with E-state index in [9.17, 15) is 4.79 Å². The van der Waals surface area contributed by atoms with Crippen molar-refractivity contribution in [1.82, 2.24) is 4.90 Å². The molecule has 2 nitrogen and oxygen atoms in total. The molecule has 0 aliphatic carbocycles. The van der Waals surface area contributed by atoms with Gasteiger partial charge in [-0.3, -0.25) is 9.69 Å². The molecule has 0 saturated carbocycles. The van der Waals surface area contributed by atoms with Crippen LogP contribution >= 0.6 is 0 Å². The molecule has 1 atom stereocenters. The average Bonchev–Trinajstić information content (AvgIpc) is 1.95. The van der Waals surface area contributed by atoms with Gasteiger partial charge in [0.2, 0.25) is 0 Å². The molecule has 0 bridgehead atoms. The van der Waals surface area contributed by atoms with Crippen LogP contribution < -0.4 is 0 Å². The van der Waals surface area contributed by atoms with E-state index in [1.54, 1.807) is 0 Å². The van der Waals surface area contributed by atoms with E-state index in [4.69, 9.17) is 0 Å². The molecule has 0 aromatic carbocycles. The quantitative estimate of drug-likeness (QED) is 0.502. The Balaban J connectivity index is 2.71. The number of carbonyl (C=O) groups is 1. The van der Waals surface area contributed by atoms with Gasteiger partial charge in [-0.25, -0.2) is 0 Å². The monoisotopic (exact) mass is 139 g/mol. The maximum Gasteiger partial charge on any atom is 0.147 e. The molecule has 0 saturated heterocycles. The van der Waals surface area contributed by atoms with Crippen LogP contribution in [-0.4, -0.2) is 30.8 Å². The summed E-state index contributed by atoms with van der Waals surface area (Å²) in [5.74, 6) is 0. The topological polar surface area (TPSA) is 20.3 Å². The first-order valence-electron chi connectivity index (χ1n) is 3.61. The Labute approximate surface area is 61.5 Å². The van der Waals surface area contributed by atoms with Gasteiger partial charge in [-0.05, 0) is 20.4 Å². The fourth-order valence-corrected chi connectivity index (χ4v) is 1.20. The van der Waals surface area contributed by atoms with Gasteiger partial charge in [0, 0.05) is 18.2 Å². The lowest BCUT2D eigenvalue weighted by Gasteiger charge is -2.28. The fraction of sp³-hybridized carbons (Fsp3) is 0.625. The normalized spacial score (nSPS) is 27.8. The van der Waals surface area contributed by atoms with E-state index in [0.717, 1.165) is 24.8 Å². The summed E-state index contributed by atoms with van der Waals surface area (Å²) in [6.07, 6.45) is 3.99. The smallest absolute Gasteiger partial charge is 0.147 e. The molecule has 1 rings (SSSR count). The fourth-order valence-electron chi connectivity index (χ4n) is 1.20. The first kappa shape index (κ1) is 7.48. The minimum atomic E-state index is 0.311. The summed E-state index contributed by atoms with van der Waals surface area (Å²) in [5.41, 5.74) is 0.925. The van der Waals surface area contributed by atoms with Gasteiger partial charge in [-0.1, -0.05) is 6.08 Å². The Morgan fingerprint density at radius 3 is 3.00 bits per heavy atom. The largest absolute Gasteiger partial charge is 0.299 e. The lowest BCUT2D eigenvalue weighted by Crippen LogP contribution is -2.34. The van der Waals surface area contributed by atoms with E-state index in [0.29, 0.717) is 6.04 Å². The average molecular weight is 139 g/mol. The molecule has 2 heteroatoms. The Morgan fingerprint density at radius 1 is 1.80 bits per heavy atom. The van der Waals surface area contributed by atoms with Gasteiger partial charge in [-0.2, -0.15) is 0 Å². The molecule has 1 unspecified atom stereocenters. The highest BCUT2D eigenvalue weighted by molar-refractivity contribution is 5.75. The van der Waals surface area contributed by atoms with Crippen LogP contribution in [-0.2, 0) is 4.79 Å². The summed E-state index contributed by atoms with van der Waals surface area (Å²) in [6.45, 7) is 3.12. The number of carbonyl (C=O) groups excluding carboxylic acids is 1. The molecule has 0 spiro atoms. The molecule has 1 aliphatic rings. The van der Waals surface area contributed by atoms with Crippen molar-refractivity contribution in [2.75, 3.05) is 13.6 Å². The SMILES string of the molecule is CC1C(C=O)=CCCN1C. The van der Waals surface area contributed by atoms with E-state index in [2.05, 4.69) is 11.8 Å². The highest BCUT2D eigenvalue weighted by Crippen LogP contribution is 2.13. The molecule has 1 aliphatic heterocycles. The predicted octanol–water partition coefficient (Wildman–Crippen LogP) is 0.836. The second kappa shape index (κ2) is 2.97. The van der Waals surface area contributed by atoms with Crippen molar-refractivity contribution in [2.45, 2.75) is 19.4 Å². The molecule has 0 N–H and O–H groups in total. The minimum absolute atomic E-state index is 0.311. The highest BCUT2D eigenvalue weighted by Gasteiger charge is 2.16. The second-order valence-electron chi connectivity index (χ2n) is 2.77. The number of rotatable bonds is 1. The van der Waals surface area contributed by atoms with E-state index in [-0.39, 0.29) is 0 Å². The lowest BCUT2D eigenvalue weighted by molar-refractivity contribution is -0.105. The molecule has 10 heavy (non-hydrogen) atoms. The molecule has 1 heterocycles. The van der Waals surface area contributed by atoms with E-state index in [1.807, 2.05) is 13.1 Å². The van der Waals surface area contributed by atoms with E-state index >= 15 is 0 Å². The maximum atomic E-state index is 10.4. The summed E-state index contributed by atoms with van der Waals surface area (Å²) in [5, 5.41) is 0. The Bertz CT molecular complexity index is 163. The first-order valence-corrected chi connectivity index (χ1v) is 3.61. The Hall–Kier alpha value is -0.630. The van der Waals surface area contributed by atoms with Crippen molar-refractivity contribution in [1.29, 1.82) is 0 Å². The highest BCUT2D eigenvalue weighted by atomic mass is 16.1. The minimum Gasteiger partial charge on any atom is -0.299 e. The van der Waals surface area contributed by atoms with Gasteiger partial charge in [0.15, 0.2) is 0 Å². The summed E-state index contributed by atoms with van der Waals surface area (Å²) < 4.78 is 0. The van der Waals surface area contributed by atoms with Gasteiger partial charge in [-0.15, -0.1) is 0 Å². The third kappa shape index (κ3) is 1.27. The van der Waals surface area contributed by atoms with Crippen LogP contribution in [0.15, 0.2) is 11.6 Å².